The molecular formula is C12H19ClN6. The molecule has 0 fully saturated rings. The minimum absolute atomic E-state index is 0.329. The topological polar surface area (TPSA) is 64.9 Å². The Hall–Kier alpha value is -1.37. The van der Waals surface area contributed by atoms with Gasteiger partial charge in [-0.15, -0.1) is 0 Å². The fourth-order valence-electron chi connectivity index (χ4n) is 1.98. The standard InChI is InChI=1S/C12H19ClN6/c1-17(2)6-7-19-12(9(13)8-16-19)11(14)10-4-5-15-18(10)3/h4-5,8,11H,6-7,14H2,1-3H3. The highest BCUT2D eigenvalue weighted by Crippen LogP contribution is 2.25. The molecule has 0 amide bonds. The van der Waals surface area contributed by atoms with Crippen LogP contribution in [0.25, 0.3) is 0 Å². The van der Waals surface area contributed by atoms with E-state index in [4.69, 9.17) is 17.3 Å². The number of nitrogens with zero attached hydrogens (tertiary/aromatic N) is 5. The number of halogens is 1. The fraction of sp³-hybridized carbons (Fsp3) is 0.500. The average molecular weight is 283 g/mol. The molecule has 2 aromatic rings. The third-order valence-corrected chi connectivity index (χ3v) is 3.36. The third-order valence-electron chi connectivity index (χ3n) is 3.06. The first kappa shape index (κ1) is 14.0. The smallest absolute Gasteiger partial charge is 0.0908 e. The molecule has 6 nitrogen and oxygen atoms in total. The van der Waals surface area contributed by atoms with Crippen molar-refractivity contribution in [2.75, 3.05) is 20.6 Å². The van der Waals surface area contributed by atoms with Gasteiger partial charge in [0.05, 0.1) is 35.2 Å². The molecule has 2 heterocycles. The lowest BCUT2D eigenvalue weighted by atomic mass is 10.1. The van der Waals surface area contributed by atoms with Crippen molar-refractivity contribution >= 4 is 11.6 Å². The van der Waals surface area contributed by atoms with Gasteiger partial charge in [-0.05, 0) is 20.2 Å². The second kappa shape index (κ2) is 5.73. The molecule has 0 aliphatic carbocycles. The van der Waals surface area contributed by atoms with E-state index in [1.807, 2.05) is 31.9 Å². The van der Waals surface area contributed by atoms with Crippen molar-refractivity contribution in [2.24, 2.45) is 12.8 Å². The first-order valence-electron chi connectivity index (χ1n) is 6.10. The number of aryl methyl sites for hydroxylation is 1. The first-order valence-corrected chi connectivity index (χ1v) is 6.48. The zero-order valence-electron chi connectivity index (χ0n) is 11.4. The van der Waals surface area contributed by atoms with Crippen LogP contribution in [0.15, 0.2) is 18.5 Å². The molecule has 0 radical (unpaired) electrons. The molecule has 1 unspecified atom stereocenters. The van der Waals surface area contributed by atoms with Gasteiger partial charge in [-0.2, -0.15) is 10.2 Å². The number of nitrogens with two attached hydrogens (primary N) is 1. The fourth-order valence-corrected chi connectivity index (χ4v) is 2.24. The van der Waals surface area contributed by atoms with E-state index >= 15 is 0 Å². The molecule has 104 valence electrons. The van der Waals surface area contributed by atoms with Gasteiger partial charge in [-0.1, -0.05) is 11.6 Å². The lowest BCUT2D eigenvalue weighted by Crippen LogP contribution is -2.24. The predicted molar refractivity (Wildman–Crippen MR) is 75.0 cm³/mol. The Morgan fingerprint density at radius 2 is 2.16 bits per heavy atom. The highest BCUT2D eigenvalue weighted by Gasteiger charge is 2.20. The molecule has 19 heavy (non-hydrogen) atoms. The second-order valence-electron chi connectivity index (χ2n) is 4.76. The zero-order chi connectivity index (χ0) is 14.0. The summed E-state index contributed by atoms with van der Waals surface area (Å²) in [5.74, 6) is 0. The molecule has 0 bridgehead atoms. The van der Waals surface area contributed by atoms with Crippen LogP contribution >= 0.6 is 11.6 Å². The maximum absolute atomic E-state index is 6.29. The molecule has 0 saturated carbocycles. The Morgan fingerprint density at radius 3 is 2.74 bits per heavy atom. The van der Waals surface area contributed by atoms with Crippen LogP contribution in [0.4, 0.5) is 0 Å². The third kappa shape index (κ3) is 2.97. The van der Waals surface area contributed by atoms with Gasteiger partial charge in [0, 0.05) is 19.8 Å². The Kier molecular flexibility index (Phi) is 4.24. The highest BCUT2D eigenvalue weighted by atomic mass is 35.5. The molecule has 2 aromatic heterocycles. The van der Waals surface area contributed by atoms with Crippen molar-refractivity contribution < 1.29 is 0 Å². The van der Waals surface area contributed by atoms with Crippen LogP contribution in [0.3, 0.4) is 0 Å². The second-order valence-corrected chi connectivity index (χ2v) is 5.17. The van der Waals surface area contributed by atoms with E-state index in [-0.39, 0.29) is 6.04 Å². The van der Waals surface area contributed by atoms with Crippen LogP contribution in [0.1, 0.15) is 17.4 Å². The van der Waals surface area contributed by atoms with Gasteiger partial charge in [0.25, 0.3) is 0 Å². The van der Waals surface area contributed by atoms with Crippen molar-refractivity contribution in [3.8, 4) is 0 Å². The van der Waals surface area contributed by atoms with Crippen molar-refractivity contribution in [3.05, 3.63) is 34.9 Å². The Bertz CT molecular complexity index is 544. The van der Waals surface area contributed by atoms with E-state index in [2.05, 4.69) is 15.1 Å². The number of aromatic nitrogens is 4. The maximum Gasteiger partial charge on any atom is 0.0908 e. The van der Waals surface area contributed by atoms with Crippen molar-refractivity contribution in [1.82, 2.24) is 24.5 Å². The van der Waals surface area contributed by atoms with Gasteiger partial charge in [-0.3, -0.25) is 9.36 Å². The highest BCUT2D eigenvalue weighted by molar-refractivity contribution is 6.31. The van der Waals surface area contributed by atoms with E-state index in [1.54, 1.807) is 17.1 Å². The van der Waals surface area contributed by atoms with Crippen LogP contribution in [0.5, 0.6) is 0 Å². The van der Waals surface area contributed by atoms with Crippen LogP contribution < -0.4 is 5.73 Å². The number of hydrogen-bond acceptors (Lipinski definition) is 4. The van der Waals surface area contributed by atoms with Crippen LogP contribution in [0.2, 0.25) is 5.02 Å². The molecule has 7 heteroatoms. The van der Waals surface area contributed by atoms with Gasteiger partial charge in [-0.25, -0.2) is 0 Å². The summed E-state index contributed by atoms with van der Waals surface area (Å²) in [6, 6.07) is 1.56. The van der Waals surface area contributed by atoms with E-state index in [1.165, 1.54) is 0 Å². The van der Waals surface area contributed by atoms with E-state index in [0.29, 0.717) is 5.02 Å². The summed E-state index contributed by atoms with van der Waals surface area (Å²) in [6.07, 6.45) is 3.37. The monoisotopic (exact) mass is 282 g/mol. The Balaban J connectivity index is 2.28. The largest absolute Gasteiger partial charge is 0.318 e. The summed E-state index contributed by atoms with van der Waals surface area (Å²) in [5, 5.41) is 9.02. The number of hydrogen-bond donors (Lipinski definition) is 1. The zero-order valence-corrected chi connectivity index (χ0v) is 12.2. The van der Waals surface area contributed by atoms with Crippen molar-refractivity contribution in [1.29, 1.82) is 0 Å². The van der Waals surface area contributed by atoms with E-state index < -0.39 is 0 Å². The average Bonchev–Trinajstić information content (AvgIpc) is 2.92. The molecule has 0 aliphatic heterocycles. The molecule has 1 atom stereocenters. The summed E-state index contributed by atoms with van der Waals surface area (Å²) >= 11 is 6.22. The van der Waals surface area contributed by atoms with E-state index in [9.17, 15) is 0 Å². The van der Waals surface area contributed by atoms with Crippen LogP contribution in [0, 0.1) is 0 Å². The summed E-state index contributed by atoms with van der Waals surface area (Å²) in [6.45, 7) is 1.63. The molecule has 2 rings (SSSR count). The molecule has 0 aliphatic rings. The van der Waals surface area contributed by atoms with Gasteiger partial charge in [0.2, 0.25) is 0 Å². The lowest BCUT2D eigenvalue weighted by molar-refractivity contribution is 0.367. The molecule has 0 saturated heterocycles. The lowest BCUT2D eigenvalue weighted by Gasteiger charge is -2.17. The van der Waals surface area contributed by atoms with Crippen LogP contribution in [-0.4, -0.2) is 45.1 Å². The minimum atomic E-state index is -0.329. The summed E-state index contributed by atoms with van der Waals surface area (Å²) in [4.78, 5) is 2.09. The molecule has 2 N–H and O–H groups in total. The van der Waals surface area contributed by atoms with Crippen molar-refractivity contribution in [3.63, 3.8) is 0 Å². The minimum Gasteiger partial charge on any atom is -0.318 e. The quantitative estimate of drug-likeness (QED) is 0.884. The summed E-state index contributed by atoms with van der Waals surface area (Å²) in [7, 11) is 5.90. The van der Waals surface area contributed by atoms with Gasteiger partial charge < -0.3 is 10.6 Å². The number of likely N-dealkylation sites (N-methyl/N-ethyl adjacent to an activating group) is 1. The van der Waals surface area contributed by atoms with Gasteiger partial charge in [0.15, 0.2) is 0 Å². The number of rotatable bonds is 5. The van der Waals surface area contributed by atoms with Crippen molar-refractivity contribution in [2.45, 2.75) is 12.6 Å². The predicted octanol–water partition coefficient (Wildman–Crippen LogP) is 0.880. The maximum atomic E-state index is 6.29. The Morgan fingerprint density at radius 1 is 1.42 bits per heavy atom. The normalized spacial score (nSPS) is 13.2. The summed E-state index contributed by atoms with van der Waals surface area (Å²) < 4.78 is 3.62. The molecular weight excluding hydrogens is 264 g/mol. The first-order chi connectivity index (χ1) is 9.00. The SMILES string of the molecule is CN(C)CCn1ncc(Cl)c1C(N)c1ccnn1C. The molecule has 0 aromatic carbocycles. The van der Waals surface area contributed by atoms with E-state index in [0.717, 1.165) is 24.5 Å². The van der Waals surface area contributed by atoms with Gasteiger partial charge >= 0.3 is 0 Å². The van der Waals surface area contributed by atoms with Gasteiger partial charge in [0.1, 0.15) is 0 Å². The molecule has 0 spiro atoms. The van der Waals surface area contributed by atoms with Crippen LogP contribution in [-0.2, 0) is 13.6 Å². The summed E-state index contributed by atoms with van der Waals surface area (Å²) in [5.41, 5.74) is 8.03. The Labute approximate surface area is 117 Å².